The topological polar surface area (TPSA) is 55.8 Å². The third-order valence-electron chi connectivity index (χ3n) is 6.85. The molecule has 0 aromatic heterocycles. The van der Waals surface area contributed by atoms with Crippen LogP contribution in [0, 0.1) is 5.92 Å². The van der Waals surface area contributed by atoms with Gasteiger partial charge in [-0.3, -0.25) is 4.79 Å². The lowest BCUT2D eigenvalue weighted by Crippen LogP contribution is -2.50. The van der Waals surface area contributed by atoms with Crippen molar-refractivity contribution in [2.45, 2.75) is 115 Å². The fraction of sp³-hybridized carbons (Fsp3) is 0.800. The minimum absolute atomic E-state index is 0.0293. The van der Waals surface area contributed by atoms with Crippen LogP contribution in [0.4, 0.5) is 0 Å². The molecule has 1 spiro atoms. The number of Topliss-reactive ketones (excluding diaryl/α,β-unsaturated/α-hetero) is 1. The van der Waals surface area contributed by atoms with Gasteiger partial charge in [0, 0.05) is 18.8 Å². The second kappa shape index (κ2) is 10.9. The van der Waals surface area contributed by atoms with Gasteiger partial charge in [-0.1, -0.05) is 58.3 Å². The summed E-state index contributed by atoms with van der Waals surface area (Å²) in [5.74, 6) is -0.611. The van der Waals surface area contributed by atoms with Crippen molar-refractivity contribution in [3.8, 4) is 0 Å². The molecule has 4 heteroatoms. The van der Waals surface area contributed by atoms with Gasteiger partial charge >= 0.3 is 0 Å². The molecular weight excluding hydrogens is 364 g/mol. The zero-order valence-corrected chi connectivity index (χ0v) is 18.5. The molecule has 0 aromatic carbocycles. The molecule has 3 rings (SSSR count). The average molecular weight is 405 g/mol. The van der Waals surface area contributed by atoms with Crippen LogP contribution in [0.5, 0.6) is 0 Å². The fourth-order valence-electron chi connectivity index (χ4n) is 5.09. The quantitative estimate of drug-likeness (QED) is 0.378. The highest BCUT2D eigenvalue weighted by Gasteiger charge is 2.46. The first-order valence-electron chi connectivity index (χ1n) is 12.0. The van der Waals surface area contributed by atoms with Gasteiger partial charge in [-0.15, -0.1) is 0 Å². The molecule has 1 saturated heterocycles. The monoisotopic (exact) mass is 404 g/mol. The molecule has 1 fully saturated rings. The van der Waals surface area contributed by atoms with Gasteiger partial charge in [0.25, 0.3) is 0 Å². The maximum atomic E-state index is 12.1. The number of aliphatic hydroxyl groups is 1. The number of unbranched alkanes of at least 4 members (excludes halogenated alkanes) is 7. The highest BCUT2D eigenvalue weighted by molar-refractivity contribution is 5.96. The second-order valence-electron chi connectivity index (χ2n) is 9.25. The van der Waals surface area contributed by atoms with Gasteiger partial charge < -0.3 is 14.6 Å². The maximum Gasteiger partial charge on any atom is 0.189 e. The van der Waals surface area contributed by atoms with Crippen LogP contribution in [0.15, 0.2) is 23.3 Å². The molecule has 0 aromatic rings. The Balaban J connectivity index is 1.51. The second-order valence-corrected chi connectivity index (χ2v) is 9.25. The predicted octanol–water partition coefficient (Wildman–Crippen LogP) is 5.64. The first-order chi connectivity index (χ1) is 14.1. The summed E-state index contributed by atoms with van der Waals surface area (Å²) in [6, 6.07) is 0. The minimum atomic E-state index is -0.723. The third kappa shape index (κ3) is 6.02. The van der Waals surface area contributed by atoms with E-state index in [9.17, 15) is 9.90 Å². The molecule has 1 aliphatic carbocycles. The number of hydrogen-bond donors (Lipinski definition) is 1. The number of ether oxygens (including phenoxy) is 2. The van der Waals surface area contributed by atoms with E-state index in [-0.39, 0.29) is 30.5 Å². The Morgan fingerprint density at radius 3 is 2.55 bits per heavy atom. The van der Waals surface area contributed by atoms with Gasteiger partial charge in [-0.2, -0.15) is 0 Å². The van der Waals surface area contributed by atoms with Crippen molar-refractivity contribution in [1.82, 2.24) is 0 Å². The molecule has 0 radical (unpaired) electrons. The highest BCUT2D eigenvalue weighted by Crippen LogP contribution is 2.43. The number of aliphatic hydroxyl groups excluding tert-OH is 1. The van der Waals surface area contributed by atoms with Gasteiger partial charge in [0.1, 0.15) is 0 Å². The van der Waals surface area contributed by atoms with Gasteiger partial charge in [0.2, 0.25) is 0 Å². The zero-order valence-electron chi connectivity index (χ0n) is 18.5. The minimum Gasteiger partial charge on any atom is -0.392 e. The number of carbonyl (C=O) groups excluding carboxylic acids is 1. The number of fused-ring (bicyclic) bond motifs is 1. The average Bonchev–Trinajstić information content (AvgIpc) is 2.71. The van der Waals surface area contributed by atoms with Crippen LogP contribution >= 0.6 is 0 Å². The molecule has 3 aliphatic rings. The van der Waals surface area contributed by atoms with E-state index in [0.29, 0.717) is 6.42 Å². The predicted molar refractivity (Wildman–Crippen MR) is 116 cm³/mol. The molecule has 1 N–H and O–H groups in total. The Kier molecular flexibility index (Phi) is 8.52. The fourth-order valence-corrected chi connectivity index (χ4v) is 5.09. The van der Waals surface area contributed by atoms with Crippen LogP contribution in [-0.4, -0.2) is 35.5 Å². The van der Waals surface area contributed by atoms with Gasteiger partial charge in [0.15, 0.2) is 11.6 Å². The van der Waals surface area contributed by atoms with Crippen molar-refractivity contribution in [2.75, 3.05) is 6.61 Å². The number of ketones is 1. The largest absolute Gasteiger partial charge is 0.392 e. The molecule has 0 saturated carbocycles. The number of rotatable bonds is 10. The van der Waals surface area contributed by atoms with E-state index in [1.807, 2.05) is 19.1 Å². The molecule has 0 amide bonds. The molecular formula is C25H40O4. The smallest absolute Gasteiger partial charge is 0.189 e. The van der Waals surface area contributed by atoms with E-state index in [1.165, 1.54) is 51.4 Å². The summed E-state index contributed by atoms with van der Waals surface area (Å²) in [7, 11) is 0. The van der Waals surface area contributed by atoms with E-state index in [0.717, 1.165) is 36.8 Å². The Hall–Kier alpha value is -0.970. The molecule has 164 valence electrons. The lowest BCUT2D eigenvalue weighted by Gasteiger charge is -2.47. The van der Waals surface area contributed by atoms with Crippen molar-refractivity contribution in [2.24, 2.45) is 5.92 Å². The summed E-state index contributed by atoms with van der Waals surface area (Å²) in [6.45, 7) is 4.09. The summed E-state index contributed by atoms with van der Waals surface area (Å²) in [4.78, 5) is 12.1. The third-order valence-corrected chi connectivity index (χ3v) is 6.85. The van der Waals surface area contributed by atoms with Crippen LogP contribution in [0.2, 0.25) is 0 Å². The molecule has 4 atom stereocenters. The summed E-state index contributed by atoms with van der Waals surface area (Å²) < 4.78 is 12.9. The van der Waals surface area contributed by atoms with Crippen LogP contribution < -0.4 is 0 Å². The van der Waals surface area contributed by atoms with Crippen molar-refractivity contribution < 1.29 is 19.4 Å². The summed E-state index contributed by atoms with van der Waals surface area (Å²) in [5.41, 5.74) is 1.68. The first-order valence-corrected chi connectivity index (χ1v) is 12.0. The van der Waals surface area contributed by atoms with Crippen LogP contribution in [0.25, 0.3) is 0 Å². The van der Waals surface area contributed by atoms with Crippen LogP contribution in [0.3, 0.4) is 0 Å². The van der Waals surface area contributed by atoms with Crippen molar-refractivity contribution in [3.63, 3.8) is 0 Å². The van der Waals surface area contributed by atoms with Crippen LogP contribution in [0.1, 0.15) is 97.3 Å². The summed E-state index contributed by atoms with van der Waals surface area (Å²) >= 11 is 0. The molecule has 29 heavy (non-hydrogen) atoms. The van der Waals surface area contributed by atoms with E-state index >= 15 is 0 Å². The number of carbonyl (C=O) groups is 1. The van der Waals surface area contributed by atoms with E-state index < -0.39 is 5.79 Å². The summed E-state index contributed by atoms with van der Waals surface area (Å²) in [6.07, 6.45) is 19.1. The zero-order chi connectivity index (χ0) is 20.7. The van der Waals surface area contributed by atoms with Gasteiger partial charge in [0.05, 0.1) is 18.8 Å². The lowest BCUT2D eigenvalue weighted by molar-refractivity contribution is -0.275. The Bertz CT molecular complexity index is 608. The summed E-state index contributed by atoms with van der Waals surface area (Å²) in [5, 5.41) is 9.93. The normalized spacial score (nSPS) is 32.1. The van der Waals surface area contributed by atoms with E-state index in [4.69, 9.17) is 9.47 Å². The Morgan fingerprint density at radius 1 is 1.10 bits per heavy atom. The molecule has 0 unspecified atom stereocenters. The van der Waals surface area contributed by atoms with Gasteiger partial charge in [-0.25, -0.2) is 0 Å². The highest BCUT2D eigenvalue weighted by atomic mass is 16.7. The van der Waals surface area contributed by atoms with Crippen LogP contribution in [-0.2, 0) is 14.3 Å². The van der Waals surface area contributed by atoms with Crippen molar-refractivity contribution in [3.05, 3.63) is 23.3 Å². The van der Waals surface area contributed by atoms with E-state index in [1.54, 1.807) is 0 Å². The molecule has 4 nitrogen and oxygen atoms in total. The standard InChI is InChI=1S/C25H40O4/c1-3-4-5-6-7-8-9-10-12-21-13-11-14-25(28-21)17-20(18-26)22-16-23(27)19(2)15-24(22)29-25/h15,17,21-22,24,26H,3-14,16,18H2,1-2H3/t21-,22+,24+,25-/m0/s1. The van der Waals surface area contributed by atoms with Crippen molar-refractivity contribution >= 4 is 5.78 Å². The molecule has 2 heterocycles. The number of allylic oxidation sites excluding steroid dienone is 1. The first kappa shape index (κ1) is 22.7. The molecule has 0 bridgehead atoms. The number of hydrogen-bond acceptors (Lipinski definition) is 4. The Morgan fingerprint density at radius 2 is 1.83 bits per heavy atom. The SMILES string of the molecule is CCCCCCCCCC[C@H]1CCC[C@]2(C=C(CO)[C@H]3CC(=O)C(C)=C[C@H]3O2)O1. The van der Waals surface area contributed by atoms with Gasteiger partial charge in [-0.05, 0) is 49.5 Å². The Labute approximate surface area is 176 Å². The maximum absolute atomic E-state index is 12.1. The lowest BCUT2D eigenvalue weighted by atomic mass is 9.78. The molecule has 2 aliphatic heterocycles. The van der Waals surface area contributed by atoms with E-state index in [2.05, 4.69) is 6.92 Å². The van der Waals surface area contributed by atoms with Crippen molar-refractivity contribution in [1.29, 1.82) is 0 Å².